The molecule has 1 heterocycles. The van der Waals surface area contributed by atoms with E-state index in [9.17, 15) is 14.9 Å². The van der Waals surface area contributed by atoms with Crippen LogP contribution in [0.4, 0.5) is 5.69 Å². The van der Waals surface area contributed by atoms with E-state index in [1.165, 1.54) is 12.3 Å². The Bertz CT molecular complexity index is 538. The molecule has 1 aliphatic rings. The van der Waals surface area contributed by atoms with Crippen molar-refractivity contribution in [2.45, 2.75) is 31.7 Å². The number of carbonyl (C=O) groups excluding carboxylic acids is 1. The molecule has 6 nitrogen and oxygen atoms in total. The highest BCUT2D eigenvalue weighted by Crippen LogP contribution is 2.37. The molecule has 1 saturated carbocycles. The molecule has 1 aromatic rings. The number of terminal acetylenes is 1. The number of aromatic nitrogens is 1. The standard InChI is InChI=1S/C13H15N3O3/c1-2-3-4-7-14-13(17)12-8-11(16(18)19)9-15(12)10-5-6-10/h1,8-10H,3-7H2,(H,14,17). The first-order chi connectivity index (χ1) is 9.13. The van der Waals surface area contributed by atoms with E-state index in [4.69, 9.17) is 6.42 Å². The summed E-state index contributed by atoms with van der Waals surface area (Å²) in [5, 5.41) is 13.5. The molecule has 2 rings (SSSR count). The zero-order valence-electron chi connectivity index (χ0n) is 10.5. The average molecular weight is 261 g/mol. The molecular formula is C13H15N3O3. The summed E-state index contributed by atoms with van der Waals surface area (Å²) in [6.07, 6.45) is 9.79. The first-order valence-electron chi connectivity index (χ1n) is 6.21. The van der Waals surface area contributed by atoms with Crippen molar-refractivity contribution in [3.05, 3.63) is 28.1 Å². The Morgan fingerprint density at radius 1 is 1.63 bits per heavy atom. The van der Waals surface area contributed by atoms with Crippen molar-refractivity contribution in [3.63, 3.8) is 0 Å². The molecule has 0 bridgehead atoms. The number of rotatable bonds is 6. The molecular weight excluding hydrogens is 246 g/mol. The van der Waals surface area contributed by atoms with Gasteiger partial charge < -0.3 is 9.88 Å². The lowest BCUT2D eigenvalue weighted by Gasteiger charge is -2.07. The first-order valence-corrected chi connectivity index (χ1v) is 6.21. The van der Waals surface area contributed by atoms with Crippen molar-refractivity contribution in [1.82, 2.24) is 9.88 Å². The molecule has 0 aliphatic heterocycles. The van der Waals surface area contributed by atoms with Gasteiger partial charge in [0.2, 0.25) is 0 Å². The van der Waals surface area contributed by atoms with Crippen molar-refractivity contribution >= 4 is 11.6 Å². The molecule has 0 spiro atoms. The minimum Gasteiger partial charge on any atom is -0.351 e. The topological polar surface area (TPSA) is 77.2 Å². The maximum atomic E-state index is 12.0. The summed E-state index contributed by atoms with van der Waals surface area (Å²) >= 11 is 0. The van der Waals surface area contributed by atoms with Crippen LogP contribution in [0, 0.1) is 22.5 Å². The summed E-state index contributed by atoms with van der Waals surface area (Å²) in [6, 6.07) is 1.55. The van der Waals surface area contributed by atoms with Gasteiger partial charge in [-0.05, 0) is 19.3 Å². The Labute approximate surface area is 110 Å². The van der Waals surface area contributed by atoms with Gasteiger partial charge in [-0.1, -0.05) is 0 Å². The second kappa shape index (κ2) is 5.57. The summed E-state index contributed by atoms with van der Waals surface area (Å²) in [4.78, 5) is 22.3. The predicted molar refractivity (Wildman–Crippen MR) is 69.8 cm³/mol. The van der Waals surface area contributed by atoms with E-state index in [0.717, 1.165) is 12.8 Å². The second-order valence-electron chi connectivity index (χ2n) is 4.54. The molecule has 1 amide bonds. The minimum atomic E-state index is -0.478. The van der Waals surface area contributed by atoms with Gasteiger partial charge in [-0.2, -0.15) is 0 Å². The van der Waals surface area contributed by atoms with Crippen LogP contribution in [0.25, 0.3) is 0 Å². The third kappa shape index (κ3) is 3.13. The average Bonchev–Trinajstić information content (AvgIpc) is 3.12. The van der Waals surface area contributed by atoms with E-state index in [1.807, 2.05) is 0 Å². The molecule has 19 heavy (non-hydrogen) atoms. The van der Waals surface area contributed by atoms with Crippen molar-refractivity contribution in [2.75, 3.05) is 6.54 Å². The third-order valence-corrected chi connectivity index (χ3v) is 3.00. The summed E-state index contributed by atoms with van der Waals surface area (Å²) in [7, 11) is 0. The molecule has 1 fully saturated rings. The van der Waals surface area contributed by atoms with E-state index < -0.39 is 4.92 Å². The van der Waals surface area contributed by atoms with Crippen LogP contribution < -0.4 is 5.32 Å². The van der Waals surface area contributed by atoms with E-state index >= 15 is 0 Å². The van der Waals surface area contributed by atoms with Gasteiger partial charge in [0.1, 0.15) is 5.69 Å². The number of nitrogens with one attached hydrogen (secondary N) is 1. The first kappa shape index (κ1) is 13.1. The summed E-state index contributed by atoms with van der Waals surface area (Å²) in [6.45, 7) is 0.479. The van der Waals surface area contributed by atoms with Crippen LogP contribution in [-0.2, 0) is 0 Å². The van der Waals surface area contributed by atoms with Gasteiger partial charge in [0.05, 0.1) is 11.1 Å². The number of unbranched alkanes of at least 4 members (excludes halogenated alkanes) is 1. The molecule has 0 radical (unpaired) electrons. The lowest BCUT2D eigenvalue weighted by atomic mass is 10.3. The van der Waals surface area contributed by atoms with E-state index in [2.05, 4.69) is 11.2 Å². The Morgan fingerprint density at radius 2 is 2.37 bits per heavy atom. The highest BCUT2D eigenvalue weighted by Gasteiger charge is 2.30. The molecule has 6 heteroatoms. The van der Waals surface area contributed by atoms with Crippen LogP contribution in [0.15, 0.2) is 12.3 Å². The van der Waals surface area contributed by atoms with Crippen molar-refractivity contribution in [2.24, 2.45) is 0 Å². The fraction of sp³-hybridized carbons (Fsp3) is 0.462. The highest BCUT2D eigenvalue weighted by atomic mass is 16.6. The van der Waals surface area contributed by atoms with Crippen LogP contribution in [0.5, 0.6) is 0 Å². The Morgan fingerprint density at radius 3 is 2.95 bits per heavy atom. The molecule has 1 aliphatic carbocycles. The SMILES string of the molecule is C#CCCCNC(=O)c1cc([N+](=O)[O-])cn1C1CC1. The fourth-order valence-corrected chi connectivity index (χ4v) is 1.88. The van der Waals surface area contributed by atoms with Crippen molar-refractivity contribution < 1.29 is 9.72 Å². The molecule has 0 saturated heterocycles. The molecule has 0 unspecified atom stereocenters. The van der Waals surface area contributed by atoms with Gasteiger partial charge in [0.25, 0.3) is 11.6 Å². The van der Waals surface area contributed by atoms with Crippen LogP contribution >= 0.6 is 0 Å². The Kier molecular flexibility index (Phi) is 3.85. The number of carbonyl (C=O) groups is 1. The van der Waals surface area contributed by atoms with Crippen molar-refractivity contribution in [3.8, 4) is 12.3 Å². The molecule has 1 aromatic heterocycles. The molecule has 100 valence electrons. The van der Waals surface area contributed by atoms with Gasteiger partial charge in [0, 0.05) is 25.1 Å². The summed E-state index contributed by atoms with van der Waals surface area (Å²) in [5.41, 5.74) is 0.315. The van der Waals surface area contributed by atoms with Crippen LogP contribution in [-0.4, -0.2) is 21.9 Å². The molecule has 0 atom stereocenters. The minimum absolute atomic E-state index is 0.0410. The van der Waals surface area contributed by atoms with Gasteiger partial charge in [-0.25, -0.2) is 0 Å². The molecule has 0 aromatic carbocycles. The highest BCUT2D eigenvalue weighted by molar-refractivity contribution is 5.93. The number of nitrogens with zero attached hydrogens (tertiary/aromatic N) is 2. The van der Waals surface area contributed by atoms with Gasteiger partial charge in [0.15, 0.2) is 0 Å². The number of amides is 1. The van der Waals surface area contributed by atoms with Crippen LogP contribution in [0.1, 0.15) is 42.2 Å². The van der Waals surface area contributed by atoms with E-state index in [1.54, 1.807) is 4.57 Å². The van der Waals surface area contributed by atoms with Crippen LogP contribution in [0.3, 0.4) is 0 Å². The Hall–Kier alpha value is -2.29. The fourth-order valence-electron chi connectivity index (χ4n) is 1.88. The normalized spacial score (nSPS) is 13.8. The lowest BCUT2D eigenvalue weighted by molar-refractivity contribution is -0.384. The van der Waals surface area contributed by atoms with Crippen LogP contribution in [0.2, 0.25) is 0 Å². The third-order valence-electron chi connectivity index (χ3n) is 3.00. The largest absolute Gasteiger partial charge is 0.351 e. The van der Waals surface area contributed by atoms with E-state index in [-0.39, 0.29) is 17.6 Å². The number of hydrogen-bond acceptors (Lipinski definition) is 3. The second-order valence-corrected chi connectivity index (χ2v) is 4.54. The zero-order chi connectivity index (χ0) is 13.8. The lowest BCUT2D eigenvalue weighted by Crippen LogP contribution is -2.26. The van der Waals surface area contributed by atoms with Crippen molar-refractivity contribution in [1.29, 1.82) is 0 Å². The number of hydrogen-bond donors (Lipinski definition) is 1. The molecule has 1 N–H and O–H groups in total. The Balaban J connectivity index is 2.07. The quantitative estimate of drug-likeness (QED) is 0.367. The van der Waals surface area contributed by atoms with Gasteiger partial charge in [-0.15, -0.1) is 12.3 Å². The van der Waals surface area contributed by atoms with Gasteiger partial charge in [-0.3, -0.25) is 14.9 Å². The predicted octanol–water partition coefficient (Wildman–Crippen LogP) is 1.87. The maximum absolute atomic E-state index is 12.0. The van der Waals surface area contributed by atoms with Gasteiger partial charge >= 0.3 is 0 Å². The maximum Gasteiger partial charge on any atom is 0.287 e. The monoisotopic (exact) mass is 261 g/mol. The summed E-state index contributed by atoms with van der Waals surface area (Å²) < 4.78 is 1.70. The van der Waals surface area contributed by atoms with E-state index in [0.29, 0.717) is 25.1 Å². The summed E-state index contributed by atoms with van der Waals surface area (Å²) in [5.74, 6) is 2.21. The zero-order valence-corrected chi connectivity index (χ0v) is 10.5. The smallest absolute Gasteiger partial charge is 0.287 e. The number of nitro groups is 1.